The Balaban J connectivity index is 1.15. The molecule has 3 saturated carbocycles. The lowest BCUT2D eigenvalue weighted by atomic mass is 9.55. The molecule has 0 spiro atoms. The number of carbonyl (C=O) groups is 2. The maximum atomic E-state index is 13.6. The minimum atomic E-state index is -0.806. The number of hydrogen-bond donors (Lipinski definition) is 2. The van der Waals surface area contributed by atoms with E-state index < -0.39 is 22.9 Å². The first kappa shape index (κ1) is 24.1. The molecule has 1 unspecified atom stereocenters. The molecule has 2 aromatic carbocycles. The van der Waals surface area contributed by atoms with Crippen molar-refractivity contribution in [3.05, 3.63) is 64.4 Å². The summed E-state index contributed by atoms with van der Waals surface area (Å²) in [5.41, 5.74) is 1.17. The first-order valence-electron chi connectivity index (χ1n) is 12.1. The van der Waals surface area contributed by atoms with Crippen LogP contribution in [0.15, 0.2) is 42.5 Å². The van der Waals surface area contributed by atoms with Gasteiger partial charge in [0.05, 0.1) is 22.1 Å². The van der Waals surface area contributed by atoms with Crippen molar-refractivity contribution in [3.63, 3.8) is 0 Å². The number of aliphatic hydroxyl groups is 1. The van der Waals surface area contributed by atoms with Crippen LogP contribution in [0.5, 0.6) is 5.75 Å². The van der Waals surface area contributed by atoms with Gasteiger partial charge >= 0.3 is 0 Å². The van der Waals surface area contributed by atoms with Crippen molar-refractivity contribution in [2.45, 2.75) is 56.6 Å². The van der Waals surface area contributed by atoms with Crippen LogP contribution in [0.1, 0.15) is 49.1 Å². The molecule has 4 fully saturated rings. The summed E-state index contributed by atoms with van der Waals surface area (Å²) in [5, 5.41) is 13.9. The van der Waals surface area contributed by atoms with E-state index in [1.807, 2.05) is 4.90 Å². The Morgan fingerprint density at radius 1 is 1.14 bits per heavy atom. The van der Waals surface area contributed by atoms with Crippen LogP contribution < -0.4 is 10.1 Å². The van der Waals surface area contributed by atoms with Gasteiger partial charge in [-0.05, 0) is 56.7 Å². The molecule has 1 atom stereocenters. The van der Waals surface area contributed by atoms with Gasteiger partial charge < -0.3 is 20.1 Å². The number of ether oxygens (including phenoxy) is 1. The van der Waals surface area contributed by atoms with Crippen LogP contribution in [-0.4, -0.2) is 53.2 Å². The van der Waals surface area contributed by atoms with E-state index in [2.05, 4.69) is 36.5 Å². The molecule has 186 valence electrons. The van der Waals surface area contributed by atoms with E-state index in [9.17, 15) is 19.1 Å². The predicted octanol–water partition coefficient (Wildman–Crippen LogP) is 3.97. The van der Waals surface area contributed by atoms with Crippen LogP contribution in [-0.2, 0) is 9.59 Å². The zero-order chi connectivity index (χ0) is 24.8. The molecule has 8 heteroatoms. The van der Waals surface area contributed by atoms with Crippen molar-refractivity contribution in [1.82, 2.24) is 10.2 Å². The Hall–Kier alpha value is -2.64. The van der Waals surface area contributed by atoms with Crippen molar-refractivity contribution in [1.29, 1.82) is 0 Å². The molecule has 6 nitrogen and oxygen atoms in total. The number of aliphatic hydroxyl groups excluding tert-OH is 1. The van der Waals surface area contributed by atoms with Crippen molar-refractivity contribution >= 4 is 23.4 Å². The molecule has 1 aliphatic heterocycles. The Kier molecular flexibility index (Phi) is 6.26. The molecular formula is C27H30ClFN2O4. The fourth-order valence-electron chi connectivity index (χ4n) is 5.85. The van der Waals surface area contributed by atoms with E-state index in [0.717, 1.165) is 6.07 Å². The molecule has 2 N–H and O–H groups in total. The summed E-state index contributed by atoms with van der Waals surface area (Å²) in [6, 6.07) is 12.5. The van der Waals surface area contributed by atoms with Gasteiger partial charge in [-0.15, -0.1) is 0 Å². The normalized spacial score (nSPS) is 27.9. The third-order valence-corrected chi connectivity index (χ3v) is 8.45. The second-order valence-electron chi connectivity index (χ2n) is 10.4. The number of carbonyl (C=O) groups excluding carboxylic acids is 2. The standard InChI is InChI=1S/C27H30ClFN2O4/c1-17-2-4-18(5-3-17)19-14-31(15-19)25(34)26-8-10-27(11-9-26,23(32)13-26)30-24(33)16-35-20-6-7-21(28)22(29)12-20/h2-7,12,19,23,32H,8-11,13-16H2,1H3,(H,30,33). The molecule has 2 amide bonds. The number of halogens is 2. The Bertz CT molecular complexity index is 1120. The maximum absolute atomic E-state index is 13.6. The van der Waals surface area contributed by atoms with Crippen LogP contribution in [0.4, 0.5) is 4.39 Å². The molecule has 2 bridgehead atoms. The van der Waals surface area contributed by atoms with Crippen molar-refractivity contribution in [2.24, 2.45) is 5.41 Å². The number of rotatable bonds is 6. The quantitative estimate of drug-likeness (QED) is 0.629. The van der Waals surface area contributed by atoms with Gasteiger partial charge in [-0.2, -0.15) is 0 Å². The topological polar surface area (TPSA) is 78.9 Å². The molecule has 3 aliphatic carbocycles. The third-order valence-electron chi connectivity index (χ3n) is 8.14. The zero-order valence-electron chi connectivity index (χ0n) is 19.7. The lowest BCUT2D eigenvalue weighted by molar-refractivity contribution is -0.164. The van der Waals surface area contributed by atoms with Crippen molar-refractivity contribution in [2.75, 3.05) is 19.7 Å². The van der Waals surface area contributed by atoms with Gasteiger partial charge in [0.1, 0.15) is 11.6 Å². The number of likely N-dealkylation sites (tertiary alicyclic amines) is 1. The summed E-state index contributed by atoms with van der Waals surface area (Å²) in [6.07, 6.45) is 1.89. The lowest BCUT2D eigenvalue weighted by Crippen LogP contribution is -2.68. The van der Waals surface area contributed by atoms with Gasteiger partial charge in [0.25, 0.3) is 5.91 Å². The highest BCUT2D eigenvalue weighted by molar-refractivity contribution is 6.30. The number of benzene rings is 2. The van der Waals surface area contributed by atoms with Gasteiger partial charge in [-0.1, -0.05) is 41.4 Å². The summed E-state index contributed by atoms with van der Waals surface area (Å²) in [7, 11) is 0. The van der Waals surface area contributed by atoms with Crippen LogP contribution in [0.25, 0.3) is 0 Å². The number of hydrogen-bond acceptors (Lipinski definition) is 4. The van der Waals surface area contributed by atoms with E-state index in [0.29, 0.717) is 51.1 Å². The molecule has 1 heterocycles. The highest BCUT2D eigenvalue weighted by Gasteiger charge is 2.59. The summed E-state index contributed by atoms with van der Waals surface area (Å²) in [5.74, 6) is -0.306. The summed E-state index contributed by atoms with van der Waals surface area (Å²) < 4.78 is 19.0. The fraction of sp³-hybridized carbons (Fsp3) is 0.481. The maximum Gasteiger partial charge on any atom is 0.258 e. The zero-order valence-corrected chi connectivity index (χ0v) is 20.5. The van der Waals surface area contributed by atoms with Gasteiger partial charge in [0.2, 0.25) is 5.91 Å². The number of nitrogens with zero attached hydrogens (tertiary/aromatic N) is 1. The molecule has 35 heavy (non-hydrogen) atoms. The number of aryl methyl sites for hydroxylation is 1. The van der Waals surface area contributed by atoms with Gasteiger partial charge in [0.15, 0.2) is 6.61 Å². The van der Waals surface area contributed by atoms with E-state index in [-0.39, 0.29) is 29.2 Å². The Labute approximate surface area is 209 Å². The number of amides is 2. The van der Waals surface area contributed by atoms with Crippen LogP contribution in [0.2, 0.25) is 5.02 Å². The largest absolute Gasteiger partial charge is 0.484 e. The number of nitrogens with one attached hydrogen (secondary N) is 1. The first-order chi connectivity index (χ1) is 16.7. The van der Waals surface area contributed by atoms with E-state index in [1.165, 1.54) is 23.3 Å². The third kappa shape index (κ3) is 4.52. The van der Waals surface area contributed by atoms with Gasteiger partial charge in [0, 0.05) is 25.1 Å². The van der Waals surface area contributed by atoms with Crippen molar-refractivity contribution in [3.8, 4) is 5.75 Å². The minimum absolute atomic E-state index is 0.0184. The lowest BCUT2D eigenvalue weighted by Gasteiger charge is -2.57. The number of fused-ring (bicyclic) bond motifs is 3. The molecule has 0 aromatic heterocycles. The monoisotopic (exact) mass is 500 g/mol. The smallest absolute Gasteiger partial charge is 0.258 e. The SMILES string of the molecule is Cc1ccc(C2CN(C(=O)C34CCC(NC(=O)COc5ccc(Cl)c(F)c5)(CC3)C(O)C4)C2)cc1. The molecular weight excluding hydrogens is 471 g/mol. The summed E-state index contributed by atoms with van der Waals surface area (Å²) in [4.78, 5) is 28.0. The predicted molar refractivity (Wildman–Crippen MR) is 130 cm³/mol. The average Bonchev–Trinajstić information content (AvgIpc) is 2.81. The Morgan fingerprint density at radius 2 is 1.83 bits per heavy atom. The van der Waals surface area contributed by atoms with E-state index in [1.54, 1.807) is 0 Å². The second-order valence-corrected chi connectivity index (χ2v) is 10.8. The average molecular weight is 501 g/mol. The van der Waals surface area contributed by atoms with Crippen LogP contribution in [0.3, 0.4) is 0 Å². The Morgan fingerprint density at radius 3 is 2.46 bits per heavy atom. The first-order valence-corrected chi connectivity index (χ1v) is 12.5. The van der Waals surface area contributed by atoms with E-state index >= 15 is 0 Å². The summed E-state index contributed by atoms with van der Waals surface area (Å²) >= 11 is 5.67. The second kappa shape index (κ2) is 9.10. The molecule has 0 radical (unpaired) electrons. The highest BCUT2D eigenvalue weighted by atomic mass is 35.5. The summed E-state index contributed by atoms with van der Waals surface area (Å²) in [6.45, 7) is 3.19. The molecule has 2 aromatic rings. The molecule has 4 aliphatic rings. The molecule has 1 saturated heterocycles. The van der Waals surface area contributed by atoms with Gasteiger partial charge in [-0.25, -0.2) is 4.39 Å². The van der Waals surface area contributed by atoms with Gasteiger partial charge in [-0.3, -0.25) is 9.59 Å². The fourth-order valence-corrected chi connectivity index (χ4v) is 5.96. The van der Waals surface area contributed by atoms with E-state index in [4.69, 9.17) is 16.3 Å². The van der Waals surface area contributed by atoms with Crippen molar-refractivity contribution < 1.29 is 23.8 Å². The molecule has 6 rings (SSSR count). The highest BCUT2D eigenvalue weighted by Crippen LogP contribution is 2.54. The van der Waals surface area contributed by atoms with Crippen LogP contribution in [0, 0.1) is 18.2 Å². The van der Waals surface area contributed by atoms with Crippen LogP contribution >= 0.6 is 11.6 Å². The minimum Gasteiger partial charge on any atom is -0.484 e.